The summed E-state index contributed by atoms with van der Waals surface area (Å²) in [6.45, 7) is 1.44. The number of carbonyl (C=O) groups is 1. The third-order valence-corrected chi connectivity index (χ3v) is 6.68. The molecule has 0 aliphatic heterocycles. The van der Waals surface area contributed by atoms with E-state index in [0.29, 0.717) is 12.2 Å². The molecule has 0 radical (unpaired) electrons. The molecule has 6 nitrogen and oxygen atoms in total. The molecule has 10 heteroatoms. The van der Waals surface area contributed by atoms with Crippen LogP contribution in [0.15, 0.2) is 24.3 Å². The van der Waals surface area contributed by atoms with Gasteiger partial charge in [0.25, 0.3) is 0 Å². The van der Waals surface area contributed by atoms with Crippen molar-refractivity contribution in [3.63, 3.8) is 0 Å². The minimum absolute atomic E-state index is 0.00930. The number of halogens is 4. The SMILES string of the molecule is CC(=O)NC(COO)Cc1cc(I)c(Oc2cc(I)c(O)c(I)c2)c(I)c1. The third-order valence-electron chi connectivity index (χ3n) is 3.43. The quantitative estimate of drug-likeness (QED) is 0.205. The standard InChI is InChI=1S/C17H15I4NO5/c1-8(23)22-10(7-26-25)2-9-3-14(20)17(15(21)4-9)27-11-5-12(18)16(24)13(19)6-11/h3-6,10,24-25H,2,7H2,1H3,(H,22,23). The van der Waals surface area contributed by atoms with E-state index in [0.717, 1.165) is 25.6 Å². The fourth-order valence-corrected chi connectivity index (χ4v) is 6.19. The number of phenols is 1. The zero-order valence-corrected chi connectivity index (χ0v) is 22.6. The van der Waals surface area contributed by atoms with Gasteiger partial charge in [-0.25, -0.2) is 4.89 Å². The summed E-state index contributed by atoms with van der Waals surface area (Å²) in [5, 5.41) is 21.4. The molecule has 2 aromatic carbocycles. The van der Waals surface area contributed by atoms with E-state index >= 15 is 0 Å². The number of rotatable bonds is 7. The molecule has 0 heterocycles. The van der Waals surface area contributed by atoms with Crippen molar-refractivity contribution in [2.75, 3.05) is 6.61 Å². The number of ether oxygens (including phenoxy) is 1. The summed E-state index contributed by atoms with van der Waals surface area (Å²) >= 11 is 8.54. The van der Waals surface area contributed by atoms with Crippen LogP contribution >= 0.6 is 90.4 Å². The topological polar surface area (TPSA) is 88.0 Å². The number of phenolic OH excluding ortho intramolecular Hbond substituents is 1. The first-order valence-corrected chi connectivity index (χ1v) is 11.9. The molecule has 1 atom stereocenters. The Labute approximate surface area is 211 Å². The Bertz CT molecular complexity index is 800. The summed E-state index contributed by atoms with van der Waals surface area (Å²) in [4.78, 5) is 15.5. The number of benzene rings is 2. The van der Waals surface area contributed by atoms with Gasteiger partial charge >= 0.3 is 0 Å². The third kappa shape index (κ3) is 6.97. The number of aromatic hydroxyl groups is 1. The van der Waals surface area contributed by atoms with Crippen LogP contribution in [0.5, 0.6) is 17.2 Å². The molecule has 0 saturated carbocycles. The van der Waals surface area contributed by atoms with Gasteiger partial charge in [-0.1, -0.05) is 0 Å². The van der Waals surface area contributed by atoms with Crippen molar-refractivity contribution in [2.24, 2.45) is 0 Å². The Hall–Kier alpha value is 0.350. The van der Waals surface area contributed by atoms with Gasteiger partial charge in [0.15, 0.2) is 5.75 Å². The highest BCUT2D eigenvalue weighted by Crippen LogP contribution is 2.36. The Morgan fingerprint density at radius 3 is 2.11 bits per heavy atom. The molecular weight excluding hydrogens is 806 g/mol. The van der Waals surface area contributed by atoms with Gasteiger partial charge in [-0.05, 0) is 127 Å². The molecule has 1 unspecified atom stereocenters. The van der Waals surface area contributed by atoms with Crippen molar-refractivity contribution in [1.29, 1.82) is 0 Å². The van der Waals surface area contributed by atoms with Crippen LogP contribution in [-0.4, -0.2) is 28.9 Å². The van der Waals surface area contributed by atoms with Crippen molar-refractivity contribution < 1.29 is 24.8 Å². The maximum Gasteiger partial charge on any atom is 0.217 e. The van der Waals surface area contributed by atoms with Crippen molar-refractivity contribution >= 4 is 96.3 Å². The van der Waals surface area contributed by atoms with E-state index < -0.39 is 0 Å². The van der Waals surface area contributed by atoms with Crippen molar-refractivity contribution in [3.8, 4) is 17.2 Å². The maximum atomic E-state index is 11.3. The van der Waals surface area contributed by atoms with E-state index in [1.165, 1.54) is 6.92 Å². The molecule has 0 aromatic heterocycles. The van der Waals surface area contributed by atoms with E-state index in [2.05, 4.69) is 101 Å². The lowest BCUT2D eigenvalue weighted by molar-refractivity contribution is -0.246. The molecule has 2 rings (SSSR count). The second-order valence-electron chi connectivity index (χ2n) is 5.62. The van der Waals surface area contributed by atoms with Crippen LogP contribution in [0.1, 0.15) is 12.5 Å². The van der Waals surface area contributed by atoms with E-state index in [9.17, 15) is 9.90 Å². The first-order chi connectivity index (χ1) is 12.7. The lowest BCUT2D eigenvalue weighted by Gasteiger charge is -2.18. The first-order valence-electron chi connectivity index (χ1n) is 7.58. The lowest BCUT2D eigenvalue weighted by atomic mass is 10.1. The number of carbonyl (C=O) groups excluding carboxylic acids is 1. The molecule has 27 heavy (non-hydrogen) atoms. The fourth-order valence-electron chi connectivity index (χ4n) is 2.36. The molecule has 0 spiro atoms. The molecule has 1 amide bonds. The molecule has 0 aliphatic carbocycles. The minimum Gasteiger partial charge on any atom is -0.506 e. The Balaban J connectivity index is 2.25. The summed E-state index contributed by atoms with van der Waals surface area (Å²) < 4.78 is 9.33. The molecule has 3 N–H and O–H groups in total. The van der Waals surface area contributed by atoms with Gasteiger partial charge in [0, 0.05) is 6.92 Å². The van der Waals surface area contributed by atoms with E-state index in [1.807, 2.05) is 12.1 Å². The number of amides is 1. The minimum atomic E-state index is -0.328. The predicted molar refractivity (Wildman–Crippen MR) is 135 cm³/mol. The highest BCUT2D eigenvalue weighted by Gasteiger charge is 2.16. The van der Waals surface area contributed by atoms with Crippen molar-refractivity contribution in [2.45, 2.75) is 19.4 Å². The summed E-state index contributed by atoms with van der Waals surface area (Å²) in [5.41, 5.74) is 0.988. The average molecular weight is 821 g/mol. The molecule has 2 aromatic rings. The van der Waals surface area contributed by atoms with Gasteiger partial charge in [0.1, 0.15) is 18.1 Å². The van der Waals surface area contributed by atoms with Gasteiger partial charge in [-0.2, -0.15) is 0 Å². The van der Waals surface area contributed by atoms with Crippen molar-refractivity contribution in [3.05, 3.63) is 44.1 Å². The number of hydrogen-bond donors (Lipinski definition) is 3. The summed E-state index contributed by atoms with van der Waals surface area (Å²) in [6.07, 6.45) is 0.515. The van der Waals surface area contributed by atoms with Crippen LogP contribution in [0.2, 0.25) is 0 Å². The van der Waals surface area contributed by atoms with Gasteiger partial charge in [0.05, 0.1) is 20.3 Å². The van der Waals surface area contributed by atoms with Crippen LogP contribution in [-0.2, 0) is 16.1 Å². The van der Waals surface area contributed by atoms with E-state index in [4.69, 9.17) is 9.99 Å². The zero-order chi connectivity index (χ0) is 20.1. The molecule has 0 bridgehead atoms. The summed E-state index contributed by atoms with van der Waals surface area (Å²) in [5.74, 6) is 1.44. The second kappa shape index (κ2) is 10.9. The molecule has 0 aliphatic rings. The largest absolute Gasteiger partial charge is 0.506 e. The smallest absolute Gasteiger partial charge is 0.217 e. The van der Waals surface area contributed by atoms with Crippen LogP contribution in [0, 0.1) is 14.3 Å². The molecule has 0 fully saturated rings. The predicted octanol–water partition coefficient (Wildman–Crippen LogP) is 5.14. The molecule has 146 valence electrons. The fraction of sp³-hybridized carbons (Fsp3) is 0.235. The van der Waals surface area contributed by atoms with Crippen LogP contribution < -0.4 is 10.1 Å². The maximum absolute atomic E-state index is 11.3. The first kappa shape index (κ1) is 23.6. The summed E-state index contributed by atoms with van der Waals surface area (Å²) in [6, 6.07) is 7.18. The Morgan fingerprint density at radius 1 is 1.07 bits per heavy atom. The normalized spacial score (nSPS) is 11.9. The Kier molecular flexibility index (Phi) is 9.57. The average Bonchev–Trinajstić information content (AvgIpc) is 2.55. The zero-order valence-electron chi connectivity index (χ0n) is 13.9. The van der Waals surface area contributed by atoms with Crippen LogP contribution in [0.3, 0.4) is 0 Å². The molecule has 0 saturated heterocycles. The van der Waals surface area contributed by atoms with E-state index in [1.54, 1.807) is 12.1 Å². The van der Waals surface area contributed by atoms with Gasteiger partial charge in [0.2, 0.25) is 5.91 Å². The van der Waals surface area contributed by atoms with Gasteiger partial charge in [-0.15, -0.1) is 0 Å². The summed E-state index contributed by atoms with van der Waals surface area (Å²) in [7, 11) is 0. The lowest BCUT2D eigenvalue weighted by Crippen LogP contribution is -2.38. The van der Waals surface area contributed by atoms with E-state index in [-0.39, 0.29) is 24.3 Å². The Morgan fingerprint density at radius 2 is 1.63 bits per heavy atom. The monoisotopic (exact) mass is 821 g/mol. The number of hydrogen-bond acceptors (Lipinski definition) is 5. The molecular formula is C17H15I4NO5. The van der Waals surface area contributed by atoms with Crippen LogP contribution in [0.25, 0.3) is 0 Å². The van der Waals surface area contributed by atoms with Gasteiger partial charge < -0.3 is 15.2 Å². The highest BCUT2D eigenvalue weighted by molar-refractivity contribution is 14.1. The second-order valence-corrected chi connectivity index (χ2v) is 10.3. The van der Waals surface area contributed by atoms with Gasteiger partial charge in [-0.3, -0.25) is 10.1 Å². The highest BCUT2D eigenvalue weighted by atomic mass is 127. The van der Waals surface area contributed by atoms with Crippen LogP contribution in [0.4, 0.5) is 0 Å². The van der Waals surface area contributed by atoms with Crippen molar-refractivity contribution in [1.82, 2.24) is 5.32 Å². The number of nitrogens with one attached hydrogen (secondary N) is 1.